The van der Waals surface area contributed by atoms with Gasteiger partial charge in [0.05, 0.1) is 23.8 Å². The number of aryl methyl sites for hydroxylation is 1. The van der Waals surface area contributed by atoms with E-state index in [1.165, 1.54) is 5.56 Å². The van der Waals surface area contributed by atoms with Crippen molar-refractivity contribution in [1.29, 1.82) is 0 Å². The molecule has 27 heavy (non-hydrogen) atoms. The summed E-state index contributed by atoms with van der Waals surface area (Å²) < 4.78 is 3.92. The molecule has 5 nitrogen and oxygen atoms in total. The van der Waals surface area contributed by atoms with Gasteiger partial charge in [0.25, 0.3) is 0 Å². The van der Waals surface area contributed by atoms with Crippen LogP contribution in [0.15, 0.2) is 54.9 Å². The van der Waals surface area contributed by atoms with Gasteiger partial charge in [0.15, 0.2) is 6.17 Å². The molecule has 0 radical (unpaired) electrons. The van der Waals surface area contributed by atoms with Crippen LogP contribution in [0.4, 0.5) is 0 Å². The van der Waals surface area contributed by atoms with E-state index in [1.807, 2.05) is 40.0 Å². The predicted molar refractivity (Wildman–Crippen MR) is 106 cm³/mol. The maximum atomic E-state index is 10.6. The van der Waals surface area contributed by atoms with Gasteiger partial charge < -0.3 is 5.11 Å². The van der Waals surface area contributed by atoms with Crippen molar-refractivity contribution in [3.63, 3.8) is 0 Å². The van der Waals surface area contributed by atoms with Gasteiger partial charge in [-0.15, -0.1) is 0 Å². The van der Waals surface area contributed by atoms with E-state index < -0.39 is 0 Å². The van der Waals surface area contributed by atoms with Crippen molar-refractivity contribution in [1.82, 2.24) is 19.6 Å². The largest absolute Gasteiger partial charge is 0.508 e. The van der Waals surface area contributed by atoms with Gasteiger partial charge in [-0.1, -0.05) is 42.5 Å². The van der Waals surface area contributed by atoms with E-state index in [0.29, 0.717) is 0 Å². The Hall–Kier alpha value is -3.34. The van der Waals surface area contributed by atoms with Gasteiger partial charge in [-0.2, -0.15) is 10.2 Å². The summed E-state index contributed by atoms with van der Waals surface area (Å²) >= 11 is 0. The molecule has 2 aromatic heterocycles. The average Bonchev–Trinajstić information content (AvgIpc) is 3.21. The number of allylic oxidation sites excluding steroid dienone is 3. The number of hydrogen-bond acceptors (Lipinski definition) is 3. The van der Waals surface area contributed by atoms with Crippen molar-refractivity contribution in [2.45, 2.75) is 25.4 Å². The van der Waals surface area contributed by atoms with Crippen LogP contribution in [0.5, 0.6) is 5.75 Å². The molecular formula is C22H20N4O. The van der Waals surface area contributed by atoms with Gasteiger partial charge in [0, 0.05) is 11.1 Å². The maximum absolute atomic E-state index is 10.6. The second-order valence-corrected chi connectivity index (χ2v) is 6.84. The van der Waals surface area contributed by atoms with Crippen LogP contribution in [0.2, 0.25) is 0 Å². The van der Waals surface area contributed by atoms with E-state index in [9.17, 15) is 5.11 Å². The highest BCUT2D eigenvalue weighted by atomic mass is 16.3. The van der Waals surface area contributed by atoms with Gasteiger partial charge in [-0.3, -0.25) is 0 Å². The van der Waals surface area contributed by atoms with E-state index in [0.717, 1.165) is 41.8 Å². The number of aromatic hydroxyl groups is 1. The molecule has 0 bridgehead atoms. The van der Waals surface area contributed by atoms with Gasteiger partial charge in [0.2, 0.25) is 0 Å². The molecule has 1 unspecified atom stereocenters. The van der Waals surface area contributed by atoms with Crippen LogP contribution in [0.1, 0.15) is 47.1 Å². The van der Waals surface area contributed by atoms with E-state index in [4.69, 9.17) is 5.10 Å². The highest BCUT2D eigenvalue weighted by molar-refractivity contribution is 5.65. The minimum Gasteiger partial charge on any atom is -0.508 e. The molecule has 0 aliphatic heterocycles. The second kappa shape index (κ2) is 6.43. The van der Waals surface area contributed by atoms with Crippen molar-refractivity contribution >= 4 is 18.2 Å². The third-order valence-corrected chi connectivity index (χ3v) is 5.16. The lowest BCUT2D eigenvalue weighted by molar-refractivity contribution is 0.388. The van der Waals surface area contributed by atoms with Gasteiger partial charge in [-0.05, 0) is 43.0 Å². The number of aromatic nitrogens is 4. The highest BCUT2D eigenvalue weighted by Gasteiger charge is 2.27. The number of phenols is 1. The first-order chi connectivity index (χ1) is 13.3. The standard InChI is InChI=1S/C22H20N4O/c27-21-13-7-5-10-18(21)22(26-20-12-6-4-9-17(20)15-24-26)25-19-11-3-1-2-8-16(19)14-23-25/h2-3,5-8,10-15,22,27H,1,4,9H2. The van der Waals surface area contributed by atoms with Crippen molar-refractivity contribution in [3.8, 4) is 5.75 Å². The third-order valence-electron chi connectivity index (χ3n) is 5.16. The van der Waals surface area contributed by atoms with Crippen molar-refractivity contribution in [2.24, 2.45) is 0 Å². The Morgan fingerprint density at radius 1 is 0.889 bits per heavy atom. The normalized spacial score (nSPS) is 16.0. The Bertz CT molecular complexity index is 1080. The molecule has 3 aromatic rings. The predicted octanol–water partition coefficient (Wildman–Crippen LogP) is 4.27. The van der Waals surface area contributed by atoms with Gasteiger partial charge in [0.1, 0.15) is 5.75 Å². The van der Waals surface area contributed by atoms with Gasteiger partial charge in [-0.25, -0.2) is 9.36 Å². The molecule has 1 N–H and O–H groups in total. The second-order valence-electron chi connectivity index (χ2n) is 6.84. The lowest BCUT2D eigenvalue weighted by atomic mass is 10.0. The van der Waals surface area contributed by atoms with E-state index in [-0.39, 0.29) is 11.9 Å². The van der Waals surface area contributed by atoms with E-state index >= 15 is 0 Å². The van der Waals surface area contributed by atoms with Crippen LogP contribution in [0, 0.1) is 0 Å². The zero-order valence-electron chi connectivity index (χ0n) is 14.9. The zero-order chi connectivity index (χ0) is 18.2. The fraction of sp³-hybridized carbons (Fsp3) is 0.182. The fourth-order valence-corrected chi connectivity index (χ4v) is 3.82. The molecule has 0 saturated carbocycles. The van der Waals surface area contributed by atoms with E-state index in [1.54, 1.807) is 6.07 Å². The fourth-order valence-electron chi connectivity index (χ4n) is 3.82. The monoisotopic (exact) mass is 356 g/mol. The third kappa shape index (κ3) is 2.63. The number of benzene rings is 1. The Balaban J connectivity index is 1.75. The maximum Gasteiger partial charge on any atom is 0.173 e. The first kappa shape index (κ1) is 15.9. The first-order valence-corrected chi connectivity index (χ1v) is 9.24. The molecule has 5 heteroatoms. The molecule has 1 aromatic carbocycles. The van der Waals surface area contributed by atoms with Crippen LogP contribution < -0.4 is 0 Å². The number of hydrogen-bond donors (Lipinski definition) is 1. The summed E-state index contributed by atoms with van der Waals surface area (Å²) in [6.45, 7) is 0. The number of rotatable bonds is 3. The smallest absolute Gasteiger partial charge is 0.173 e. The average molecular weight is 356 g/mol. The highest BCUT2D eigenvalue weighted by Crippen LogP contribution is 2.33. The molecule has 134 valence electrons. The molecule has 1 atom stereocenters. The van der Waals surface area contributed by atoms with Crippen molar-refractivity contribution < 1.29 is 5.11 Å². The number of nitrogens with zero attached hydrogens (tertiary/aromatic N) is 4. The summed E-state index contributed by atoms with van der Waals surface area (Å²) in [4.78, 5) is 0. The number of fused-ring (bicyclic) bond motifs is 2. The minimum atomic E-state index is -0.363. The van der Waals surface area contributed by atoms with Crippen LogP contribution in [0.3, 0.4) is 0 Å². The first-order valence-electron chi connectivity index (χ1n) is 9.24. The van der Waals surface area contributed by atoms with Crippen LogP contribution in [-0.4, -0.2) is 24.7 Å². The van der Waals surface area contributed by atoms with Crippen LogP contribution in [0.25, 0.3) is 18.2 Å². The Kier molecular flexibility index (Phi) is 3.78. The molecule has 2 aliphatic rings. The molecule has 2 aliphatic carbocycles. The van der Waals surface area contributed by atoms with Crippen molar-refractivity contribution in [3.05, 3.63) is 83.0 Å². The Morgan fingerprint density at radius 2 is 1.67 bits per heavy atom. The zero-order valence-corrected chi connectivity index (χ0v) is 14.9. The van der Waals surface area contributed by atoms with Crippen LogP contribution in [-0.2, 0) is 6.42 Å². The summed E-state index contributed by atoms with van der Waals surface area (Å²) in [5, 5.41) is 20.0. The number of para-hydroxylation sites is 1. The summed E-state index contributed by atoms with van der Waals surface area (Å²) in [5.74, 6) is 0.240. The summed E-state index contributed by atoms with van der Waals surface area (Å²) in [7, 11) is 0. The molecule has 5 rings (SSSR count). The topological polar surface area (TPSA) is 55.9 Å². The van der Waals surface area contributed by atoms with Crippen LogP contribution >= 0.6 is 0 Å². The number of phenolic OH excluding ortho intramolecular Hbond substituents is 1. The lowest BCUT2D eigenvalue weighted by Gasteiger charge is -2.23. The quantitative estimate of drug-likeness (QED) is 0.762. The SMILES string of the molecule is Oc1ccccc1C(n1ncc2c1C=CCC=C2)n1ncc2c1C=CCC2. The molecular weight excluding hydrogens is 336 g/mol. The molecule has 2 heterocycles. The molecule has 0 fully saturated rings. The van der Waals surface area contributed by atoms with Gasteiger partial charge >= 0.3 is 0 Å². The summed E-state index contributed by atoms with van der Waals surface area (Å²) in [6, 6.07) is 7.42. The Labute approximate surface area is 157 Å². The lowest BCUT2D eigenvalue weighted by Crippen LogP contribution is -2.24. The summed E-state index contributed by atoms with van der Waals surface area (Å²) in [6.07, 6.45) is 19.1. The molecule has 0 spiro atoms. The van der Waals surface area contributed by atoms with E-state index in [2.05, 4.69) is 41.6 Å². The summed E-state index contributed by atoms with van der Waals surface area (Å²) in [5.41, 5.74) is 5.16. The minimum absolute atomic E-state index is 0.240. The molecule has 0 saturated heterocycles. The molecule has 0 amide bonds. The van der Waals surface area contributed by atoms with Crippen molar-refractivity contribution in [2.75, 3.05) is 0 Å². The Morgan fingerprint density at radius 3 is 2.59 bits per heavy atom.